The van der Waals surface area contributed by atoms with Crippen LogP contribution in [-0.4, -0.2) is 46.0 Å². The first-order valence-electron chi connectivity index (χ1n) is 11.5. The Labute approximate surface area is 197 Å². The van der Waals surface area contributed by atoms with E-state index < -0.39 is 0 Å². The van der Waals surface area contributed by atoms with Crippen LogP contribution in [0.25, 0.3) is 22.2 Å². The minimum atomic E-state index is -0.286. The number of para-hydroxylation sites is 1. The smallest absolute Gasteiger partial charge is 0.274 e. The van der Waals surface area contributed by atoms with Gasteiger partial charge in [0.15, 0.2) is 5.69 Å². The van der Waals surface area contributed by atoms with Crippen LogP contribution in [0.1, 0.15) is 34.5 Å². The van der Waals surface area contributed by atoms with E-state index in [2.05, 4.69) is 21.0 Å². The van der Waals surface area contributed by atoms with Gasteiger partial charge in [0.05, 0.1) is 12.6 Å². The number of rotatable bonds is 8. The highest BCUT2D eigenvalue weighted by molar-refractivity contribution is 5.98. The molecule has 4 aromatic rings. The molecule has 1 amide bonds. The lowest BCUT2D eigenvalue weighted by atomic mass is 10.1. The first-order valence-corrected chi connectivity index (χ1v) is 11.5. The molecule has 1 aliphatic rings. The van der Waals surface area contributed by atoms with Gasteiger partial charge in [-0.2, -0.15) is 0 Å². The number of hydrogen-bond donors (Lipinski definition) is 1. The van der Waals surface area contributed by atoms with E-state index >= 15 is 0 Å². The molecule has 1 aliphatic carbocycles. The standard InChI is InChI=1S/C27H27FN4O2/c1-17-14-19(8-9-22(17)28)24-26(30-12-11-29-24)27(33)32(16-18-6-7-18)13-10-20-15-31-25-21(20)4-3-5-23(25)34-2/h3-5,8-9,11-12,14-15,18,31H,6-7,10,13,16H2,1-2H3. The van der Waals surface area contributed by atoms with Crippen LogP contribution in [0.15, 0.2) is 55.0 Å². The summed E-state index contributed by atoms with van der Waals surface area (Å²) in [7, 11) is 1.66. The molecular formula is C27H27FN4O2. The van der Waals surface area contributed by atoms with Gasteiger partial charge in [-0.1, -0.05) is 12.1 Å². The van der Waals surface area contributed by atoms with Gasteiger partial charge in [0, 0.05) is 42.6 Å². The van der Waals surface area contributed by atoms with Gasteiger partial charge in [0.1, 0.15) is 17.3 Å². The Kier molecular flexibility index (Phi) is 6.01. The number of nitrogens with zero attached hydrogens (tertiary/aromatic N) is 3. The Bertz CT molecular complexity index is 1350. The number of methoxy groups -OCH3 is 1. The molecule has 1 fully saturated rings. The highest BCUT2D eigenvalue weighted by atomic mass is 19.1. The third-order valence-corrected chi connectivity index (χ3v) is 6.43. The molecule has 0 unspecified atom stereocenters. The topological polar surface area (TPSA) is 71.1 Å². The Hall–Kier alpha value is -3.74. The van der Waals surface area contributed by atoms with Crippen molar-refractivity contribution in [1.82, 2.24) is 19.9 Å². The maximum Gasteiger partial charge on any atom is 0.274 e. The first-order chi connectivity index (χ1) is 16.5. The molecule has 0 saturated heterocycles. The minimum absolute atomic E-state index is 0.144. The van der Waals surface area contributed by atoms with E-state index in [0.29, 0.717) is 47.9 Å². The second kappa shape index (κ2) is 9.25. The summed E-state index contributed by atoms with van der Waals surface area (Å²) in [5.74, 6) is 0.897. The third-order valence-electron chi connectivity index (χ3n) is 6.43. The van der Waals surface area contributed by atoms with E-state index in [1.807, 2.05) is 23.2 Å². The van der Waals surface area contributed by atoms with Gasteiger partial charge in [-0.3, -0.25) is 9.78 Å². The molecule has 0 bridgehead atoms. The number of carbonyl (C=O) groups excluding carboxylic acids is 1. The van der Waals surface area contributed by atoms with Crippen molar-refractivity contribution in [1.29, 1.82) is 0 Å². The van der Waals surface area contributed by atoms with E-state index in [9.17, 15) is 9.18 Å². The molecule has 6 nitrogen and oxygen atoms in total. The monoisotopic (exact) mass is 458 g/mol. The van der Waals surface area contributed by atoms with Crippen LogP contribution >= 0.6 is 0 Å². The van der Waals surface area contributed by atoms with Crippen LogP contribution in [0.4, 0.5) is 4.39 Å². The number of H-pyrrole nitrogens is 1. The maximum absolute atomic E-state index is 13.8. The van der Waals surface area contributed by atoms with Crippen molar-refractivity contribution < 1.29 is 13.9 Å². The maximum atomic E-state index is 13.8. The fourth-order valence-electron chi connectivity index (χ4n) is 4.35. The number of aromatic amines is 1. The molecule has 2 aromatic carbocycles. The van der Waals surface area contributed by atoms with Crippen molar-refractivity contribution in [2.75, 3.05) is 20.2 Å². The molecule has 0 spiro atoms. The summed E-state index contributed by atoms with van der Waals surface area (Å²) in [6.07, 6.45) is 8.07. The lowest BCUT2D eigenvalue weighted by molar-refractivity contribution is 0.0744. The highest BCUT2D eigenvalue weighted by Crippen LogP contribution is 2.32. The van der Waals surface area contributed by atoms with Crippen molar-refractivity contribution in [3.63, 3.8) is 0 Å². The van der Waals surface area contributed by atoms with Crippen LogP contribution in [0, 0.1) is 18.7 Å². The fourth-order valence-corrected chi connectivity index (χ4v) is 4.35. The Balaban J connectivity index is 1.42. The van der Waals surface area contributed by atoms with Crippen LogP contribution in [0.2, 0.25) is 0 Å². The summed E-state index contributed by atoms with van der Waals surface area (Å²) in [6.45, 7) is 2.97. The molecule has 2 heterocycles. The average Bonchev–Trinajstić information content (AvgIpc) is 3.59. The van der Waals surface area contributed by atoms with Gasteiger partial charge < -0.3 is 14.6 Å². The number of benzene rings is 2. The molecular weight excluding hydrogens is 431 g/mol. The number of aryl methyl sites for hydroxylation is 1. The molecule has 0 aliphatic heterocycles. The van der Waals surface area contributed by atoms with Crippen LogP contribution in [0.3, 0.4) is 0 Å². The molecule has 34 heavy (non-hydrogen) atoms. The normalized spacial score (nSPS) is 13.3. The number of aromatic nitrogens is 3. The number of ether oxygens (including phenoxy) is 1. The summed E-state index contributed by atoms with van der Waals surface area (Å²) < 4.78 is 19.3. The van der Waals surface area contributed by atoms with Crippen molar-refractivity contribution >= 4 is 16.8 Å². The minimum Gasteiger partial charge on any atom is -0.495 e. The number of fused-ring (bicyclic) bond motifs is 1. The van der Waals surface area contributed by atoms with Gasteiger partial charge in [-0.25, -0.2) is 9.37 Å². The number of amides is 1. The second-order valence-corrected chi connectivity index (χ2v) is 8.86. The largest absolute Gasteiger partial charge is 0.495 e. The van der Waals surface area contributed by atoms with Crippen molar-refractivity contribution in [3.05, 3.63) is 77.6 Å². The second-order valence-electron chi connectivity index (χ2n) is 8.86. The Morgan fingerprint density at radius 1 is 1.21 bits per heavy atom. The Morgan fingerprint density at radius 3 is 2.79 bits per heavy atom. The predicted molar refractivity (Wildman–Crippen MR) is 129 cm³/mol. The van der Waals surface area contributed by atoms with E-state index in [1.165, 1.54) is 12.3 Å². The zero-order valence-electron chi connectivity index (χ0n) is 19.3. The molecule has 2 aromatic heterocycles. The average molecular weight is 459 g/mol. The summed E-state index contributed by atoms with van der Waals surface area (Å²) >= 11 is 0. The number of halogens is 1. The van der Waals surface area contributed by atoms with Gasteiger partial charge in [0.25, 0.3) is 5.91 Å². The van der Waals surface area contributed by atoms with Crippen LogP contribution in [-0.2, 0) is 6.42 Å². The Morgan fingerprint density at radius 2 is 2.03 bits per heavy atom. The fraction of sp³-hybridized carbons (Fsp3) is 0.296. The van der Waals surface area contributed by atoms with Crippen molar-refractivity contribution in [2.24, 2.45) is 5.92 Å². The van der Waals surface area contributed by atoms with Gasteiger partial charge in [0.2, 0.25) is 0 Å². The molecule has 174 valence electrons. The summed E-state index contributed by atoms with van der Waals surface area (Å²) in [5.41, 5.74) is 4.07. The number of hydrogen-bond acceptors (Lipinski definition) is 4. The van der Waals surface area contributed by atoms with Crippen LogP contribution in [0.5, 0.6) is 5.75 Å². The quantitative estimate of drug-likeness (QED) is 0.395. The van der Waals surface area contributed by atoms with Gasteiger partial charge >= 0.3 is 0 Å². The van der Waals surface area contributed by atoms with E-state index in [1.54, 1.807) is 32.4 Å². The lowest BCUT2D eigenvalue weighted by Crippen LogP contribution is -2.35. The first kappa shape index (κ1) is 22.1. The molecule has 1 saturated carbocycles. The van der Waals surface area contributed by atoms with Crippen molar-refractivity contribution in [2.45, 2.75) is 26.2 Å². The zero-order valence-corrected chi connectivity index (χ0v) is 19.3. The predicted octanol–water partition coefficient (Wildman–Crippen LogP) is 5.18. The molecule has 1 N–H and O–H groups in total. The van der Waals surface area contributed by atoms with Crippen LogP contribution < -0.4 is 4.74 Å². The van der Waals surface area contributed by atoms with E-state index in [-0.39, 0.29) is 11.7 Å². The third kappa shape index (κ3) is 4.38. The van der Waals surface area contributed by atoms with E-state index in [0.717, 1.165) is 35.1 Å². The summed E-state index contributed by atoms with van der Waals surface area (Å²) in [4.78, 5) is 27.7. The highest BCUT2D eigenvalue weighted by Gasteiger charge is 2.29. The number of nitrogens with one attached hydrogen (secondary N) is 1. The molecule has 0 radical (unpaired) electrons. The SMILES string of the molecule is COc1cccc2c(CCN(CC3CC3)C(=O)c3nccnc3-c3ccc(F)c(C)c3)c[nH]c12. The lowest BCUT2D eigenvalue weighted by Gasteiger charge is -2.23. The number of carbonyl (C=O) groups is 1. The van der Waals surface area contributed by atoms with Crippen molar-refractivity contribution in [3.8, 4) is 17.0 Å². The van der Waals surface area contributed by atoms with E-state index in [4.69, 9.17) is 4.74 Å². The van der Waals surface area contributed by atoms with Gasteiger partial charge in [-0.05, 0) is 67.5 Å². The summed E-state index contributed by atoms with van der Waals surface area (Å²) in [6, 6.07) is 10.7. The summed E-state index contributed by atoms with van der Waals surface area (Å²) in [5, 5.41) is 1.10. The molecule has 5 rings (SSSR count). The molecule has 0 atom stereocenters. The molecule has 7 heteroatoms. The van der Waals surface area contributed by atoms with Gasteiger partial charge in [-0.15, -0.1) is 0 Å². The zero-order chi connectivity index (χ0) is 23.7.